The second-order valence-corrected chi connectivity index (χ2v) is 10.2. The zero-order valence-electron chi connectivity index (χ0n) is 19.5. The molecular formula is C35H21Cl. The Morgan fingerprint density at radius 1 is 0.389 bits per heavy atom. The maximum absolute atomic E-state index is 6.23. The summed E-state index contributed by atoms with van der Waals surface area (Å²) in [6.45, 7) is 0. The molecule has 0 radical (unpaired) electrons. The molecular weight excluding hydrogens is 456 g/mol. The third kappa shape index (κ3) is 2.40. The number of hydrogen-bond donors (Lipinski definition) is 0. The van der Waals surface area contributed by atoms with Crippen LogP contribution in [0.5, 0.6) is 0 Å². The molecule has 0 fully saturated rings. The number of benzene rings is 6. The van der Waals surface area contributed by atoms with Crippen molar-refractivity contribution in [3.8, 4) is 33.4 Å². The van der Waals surface area contributed by atoms with Gasteiger partial charge in [-0.3, -0.25) is 0 Å². The second-order valence-electron chi connectivity index (χ2n) is 9.78. The van der Waals surface area contributed by atoms with Gasteiger partial charge in [-0.15, -0.1) is 0 Å². The molecule has 0 aliphatic heterocycles. The SMILES string of the molecule is Clc1ccc(-c2ccc3c4c(cccc24)C2(c4ccccc4-c4ccccc42)c2ccccc2-3)cc1. The summed E-state index contributed by atoms with van der Waals surface area (Å²) in [5.74, 6) is 0. The lowest BCUT2D eigenvalue weighted by atomic mass is 9.61. The maximum Gasteiger partial charge on any atom is 0.0725 e. The van der Waals surface area contributed by atoms with E-state index in [9.17, 15) is 0 Å². The minimum Gasteiger partial charge on any atom is -0.0843 e. The Morgan fingerprint density at radius 3 is 1.50 bits per heavy atom. The average molecular weight is 477 g/mol. The molecule has 1 heteroatoms. The second kappa shape index (κ2) is 7.20. The molecule has 168 valence electrons. The molecule has 0 amide bonds. The van der Waals surface area contributed by atoms with Gasteiger partial charge in [0.25, 0.3) is 0 Å². The van der Waals surface area contributed by atoms with E-state index in [0.29, 0.717) is 0 Å². The largest absolute Gasteiger partial charge is 0.0843 e. The van der Waals surface area contributed by atoms with E-state index in [0.717, 1.165) is 5.02 Å². The Hall–Kier alpha value is -4.13. The zero-order chi connectivity index (χ0) is 23.9. The van der Waals surface area contributed by atoms with Crippen molar-refractivity contribution in [3.05, 3.63) is 155 Å². The highest BCUT2D eigenvalue weighted by molar-refractivity contribution is 6.30. The molecule has 0 N–H and O–H groups in total. The molecule has 0 aromatic heterocycles. The van der Waals surface area contributed by atoms with Crippen molar-refractivity contribution in [1.82, 2.24) is 0 Å². The van der Waals surface area contributed by atoms with Gasteiger partial charge in [0.1, 0.15) is 0 Å². The van der Waals surface area contributed by atoms with Gasteiger partial charge in [-0.2, -0.15) is 0 Å². The molecule has 6 aromatic carbocycles. The van der Waals surface area contributed by atoms with Crippen LogP contribution in [0.3, 0.4) is 0 Å². The highest BCUT2D eigenvalue weighted by atomic mass is 35.5. The molecule has 6 aromatic rings. The van der Waals surface area contributed by atoms with Gasteiger partial charge in [0.2, 0.25) is 0 Å². The van der Waals surface area contributed by atoms with Crippen LogP contribution in [0, 0.1) is 0 Å². The zero-order valence-corrected chi connectivity index (χ0v) is 20.3. The van der Waals surface area contributed by atoms with Crippen LogP contribution in [0.1, 0.15) is 22.3 Å². The summed E-state index contributed by atoms with van der Waals surface area (Å²) < 4.78 is 0. The van der Waals surface area contributed by atoms with E-state index in [4.69, 9.17) is 11.6 Å². The van der Waals surface area contributed by atoms with Gasteiger partial charge >= 0.3 is 0 Å². The Balaban J connectivity index is 1.58. The van der Waals surface area contributed by atoms with Crippen molar-refractivity contribution >= 4 is 22.4 Å². The summed E-state index contributed by atoms with van der Waals surface area (Å²) in [7, 11) is 0. The van der Waals surface area contributed by atoms with Gasteiger partial charge < -0.3 is 0 Å². The van der Waals surface area contributed by atoms with Crippen molar-refractivity contribution in [1.29, 1.82) is 0 Å². The van der Waals surface area contributed by atoms with Crippen molar-refractivity contribution < 1.29 is 0 Å². The lowest BCUT2D eigenvalue weighted by Crippen LogP contribution is -2.31. The molecule has 8 rings (SSSR count). The highest BCUT2D eigenvalue weighted by Gasteiger charge is 2.49. The Bertz CT molecular complexity index is 1800. The average Bonchev–Trinajstić information content (AvgIpc) is 3.23. The predicted octanol–water partition coefficient (Wildman–Crippen LogP) is 9.50. The van der Waals surface area contributed by atoms with E-state index in [1.165, 1.54) is 66.4 Å². The van der Waals surface area contributed by atoms with Gasteiger partial charge in [0.05, 0.1) is 5.41 Å². The fraction of sp³-hybridized carbons (Fsp3) is 0.0286. The Kier molecular flexibility index (Phi) is 4.02. The number of halogens is 1. The molecule has 0 nitrogen and oxygen atoms in total. The van der Waals surface area contributed by atoms with Gasteiger partial charge in [0, 0.05) is 5.02 Å². The van der Waals surface area contributed by atoms with Crippen LogP contribution in [-0.4, -0.2) is 0 Å². The van der Waals surface area contributed by atoms with E-state index in [1.54, 1.807) is 0 Å². The molecule has 0 heterocycles. The van der Waals surface area contributed by atoms with Crippen LogP contribution in [0.2, 0.25) is 5.02 Å². The third-order valence-electron chi connectivity index (χ3n) is 8.17. The topological polar surface area (TPSA) is 0 Å². The van der Waals surface area contributed by atoms with Crippen molar-refractivity contribution in [2.24, 2.45) is 0 Å². The van der Waals surface area contributed by atoms with Crippen molar-refractivity contribution in [2.45, 2.75) is 5.41 Å². The fourth-order valence-corrected chi connectivity index (χ4v) is 6.96. The van der Waals surface area contributed by atoms with E-state index in [-0.39, 0.29) is 5.41 Å². The highest BCUT2D eigenvalue weighted by Crippen LogP contribution is 2.62. The van der Waals surface area contributed by atoms with Gasteiger partial charge in [-0.05, 0) is 78.5 Å². The normalized spacial score (nSPS) is 13.9. The van der Waals surface area contributed by atoms with E-state index in [2.05, 4.69) is 115 Å². The Labute approximate surface area is 215 Å². The molecule has 0 saturated carbocycles. The lowest BCUT2D eigenvalue weighted by Gasteiger charge is -2.40. The third-order valence-corrected chi connectivity index (χ3v) is 8.43. The maximum atomic E-state index is 6.23. The van der Waals surface area contributed by atoms with Gasteiger partial charge in [-0.25, -0.2) is 0 Å². The number of rotatable bonds is 1. The minimum atomic E-state index is -0.352. The van der Waals surface area contributed by atoms with E-state index in [1.807, 2.05) is 12.1 Å². The van der Waals surface area contributed by atoms with Crippen molar-refractivity contribution in [2.75, 3.05) is 0 Å². The molecule has 0 atom stereocenters. The summed E-state index contributed by atoms with van der Waals surface area (Å²) in [5.41, 5.74) is 12.8. The molecule has 2 aliphatic carbocycles. The van der Waals surface area contributed by atoms with Gasteiger partial charge in [-0.1, -0.05) is 127 Å². The van der Waals surface area contributed by atoms with Gasteiger partial charge in [0.15, 0.2) is 0 Å². The van der Waals surface area contributed by atoms with Crippen LogP contribution in [0.4, 0.5) is 0 Å². The molecule has 0 saturated heterocycles. The van der Waals surface area contributed by atoms with Crippen LogP contribution >= 0.6 is 11.6 Å². The predicted molar refractivity (Wildman–Crippen MR) is 151 cm³/mol. The number of hydrogen-bond acceptors (Lipinski definition) is 0. The monoisotopic (exact) mass is 476 g/mol. The first-order chi connectivity index (χ1) is 17.8. The molecule has 0 unspecified atom stereocenters. The molecule has 0 bridgehead atoms. The molecule has 1 spiro atoms. The summed E-state index contributed by atoms with van der Waals surface area (Å²) in [4.78, 5) is 0. The first-order valence-corrected chi connectivity index (χ1v) is 12.8. The summed E-state index contributed by atoms with van der Waals surface area (Å²) in [6.07, 6.45) is 0. The van der Waals surface area contributed by atoms with E-state index >= 15 is 0 Å². The summed E-state index contributed by atoms with van der Waals surface area (Å²) >= 11 is 6.23. The van der Waals surface area contributed by atoms with Crippen molar-refractivity contribution in [3.63, 3.8) is 0 Å². The standard InChI is InChI=1S/C35H21Cl/c36-23-18-16-22(17-19-23)24-20-21-29-27-10-3-6-14-32(27)35(33-15-7-11-28(24)34(29)33)30-12-4-1-8-25(30)26-9-2-5-13-31(26)35/h1-21H. The first kappa shape index (κ1) is 20.1. The fourth-order valence-electron chi connectivity index (χ4n) is 6.83. The first-order valence-electron chi connectivity index (χ1n) is 12.4. The molecule has 36 heavy (non-hydrogen) atoms. The van der Waals surface area contributed by atoms with Crippen LogP contribution < -0.4 is 0 Å². The smallest absolute Gasteiger partial charge is 0.0725 e. The number of fused-ring (bicyclic) bond motifs is 9. The quantitative estimate of drug-likeness (QED) is 0.221. The van der Waals surface area contributed by atoms with Crippen LogP contribution in [-0.2, 0) is 5.41 Å². The van der Waals surface area contributed by atoms with E-state index < -0.39 is 0 Å². The molecule has 2 aliphatic rings. The van der Waals surface area contributed by atoms with Crippen LogP contribution in [0.25, 0.3) is 44.2 Å². The van der Waals surface area contributed by atoms with Crippen LogP contribution in [0.15, 0.2) is 127 Å². The summed E-state index contributed by atoms with van der Waals surface area (Å²) in [6, 6.07) is 46.6. The minimum absolute atomic E-state index is 0.352. The summed E-state index contributed by atoms with van der Waals surface area (Å²) in [5, 5.41) is 3.38. The Morgan fingerprint density at radius 2 is 0.889 bits per heavy atom. The lowest BCUT2D eigenvalue weighted by molar-refractivity contribution is 0.773.